The number of nitrogen functional groups attached to an aromatic ring is 2. The number of halogens is 2. The zero-order valence-electron chi connectivity index (χ0n) is 16.9. The average Bonchev–Trinajstić information content (AvgIpc) is 3.48. The summed E-state index contributed by atoms with van der Waals surface area (Å²) >= 11 is 12.7. The Balaban J connectivity index is 1.78. The van der Waals surface area contributed by atoms with Crippen LogP contribution in [0.4, 0.5) is 17.6 Å². The van der Waals surface area contributed by atoms with E-state index < -0.39 is 11.6 Å². The van der Waals surface area contributed by atoms with Gasteiger partial charge in [0.05, 0.1) is 38.9 Å². The maximum absolute atomic E-state index is 13.6. The van der Waals surface area contributed by atoms with Gasteiger partial charge in [0.25, 0.3) is 5.56 Å². The summed E-state index contributed by atoms with van der Waals surface area (Å²) in [6.07, 6.45) is 4.82. The third-order valence-corrected chi connectivity index (χ3v) is 6.04. The van der Waals surface area contributed by atoms with E-state index in [1.54, 1.807) is 18.3 Å². The predicted octanol–water partition coefficient (Wildman–Crippen LogP) is 2.80. The monoisotopic (exact) mass is 482 g/mol. The highest BCUT2D eigenvalue weighted by molar-refractivity contribution is 6.39. The first kappa shape index (κ1) is 21.0. The number of rotatable bonds is 5. The molecule has 5 rings (SSSR count). The van der Waals surface area contributed by atoms with Gasteiger partial charge in [0, 0.05) is 6.20 Å². The lowest BCUT2D eigenvalue weighted by Crippen LogP contribution is -2.29. The third kappa shape index (κ3) is 3.59. The molecule has 33 heavy (non-hydrogen) atoms. The maximum atomic E-state index is 13.6. The number of aromatic amines is 1. The molecule has 1 fully saturated rings. The van der Waals surface area contributed by atoms with Gasteiger partial charge in [-0.15, -0.1) is 0 Å². The SMILES string of the molecule is N#Cc1c(N)nc(N)nc1NC(c1nc2c(Cl)ccc(Cl)c2c(=O)n1-c1cn[nH]c1)C1CC1. The van der Waals surface area contributed by atoms with Crippen LogP contribution in [0.2, 0.25) is 10.0 Å². The number of hydrogen-bond donors (Lipinski definition) is 4. The van der Waals surface area contributed by atoms with E-state index in [0.717, 1.165) is 12.8 Å². The summed E-state index contributed by atoms with van der Waals surface area (Å²) in [5, 5.41) is 20.2. The van der Waals surface area contributed by atoms with Crippen LogP contribution in [0.3, 0.4) is 0 Å². The van der Waals surface area contributed by atoms with Crippen molar-refractivity contribution in [2.45, 2.75) is 18.9 Å². The van der Waals surface area contributed by atoms with Gasteiger partial charge in [-0.05, 0) is 30.9 Å². The number of hydrogen-bond acceptors (Lipinski definition) is 9. The summed E-state index contributed by atoms with van der Waals surface area (Å²) in [5.41, 5.74) is 12.0. The lowest BCUT2D eigenvalue weighted by Gasteiger charge is -2.23. The fraction of sp³-hybridized carbons (Fsp3) is 0.200. The number of nitrogens with two attached hydrogens (primary N) is 2. The molecule has 1 atom stereocenters. The van der Waals surface area contributed by atoms with Crippen LogP contribution in [0, 0.1) is 17.2 Å². The second-order valence-corrected chi connectivity index (χ2v) is 8.40. The molecule has 1 saturated carbocycles. The molecule has 0 radical (unpaired) electrons. The lowest BCUT2D eigenvalue weighted by molar-refractivity contribution is 0.609. The number of anilines is 3. The summed E-state index contributed by atoms with van der Waals surface area (Å²) in [6.45, 7) is 0. The number of nitriles is 1. The molecule has 1 unspecified atom stereocenters. The van der Waals surface area contributed by atoms with Crippen molar-refractivity contribution in [3.05, 3.63) is 56.3 Å². The Morgan fingerprint density at radius 3 is 2.64 bits per heavy atom. The van der Waals surface area contributed by atoms with Crippen molar-refractivity contribution in [1.82, 2.24) is 29.7 Å². The summed E-state index contributed by atoms with van der Waals surface area (Å²) in [5.74, 6) is 0.493. The molecule has 1 aliphatic rings. The largest absolute Gasteiger partial charge is 0.382 e. The van der Waals surface area contributed by atoms with E-state index in [1.807, 2.05) is 6.07 Å². The second-order valence-electron chi connectivity index (χ2n) is 7.58. The first-order chi connectivity index (χ1) is 15.9. The summed E-state index contributed by atoms with van der Waals surface area (Å²) in [6, 6.07) is 4.62. The zero-order chi connectivity index (χ0) is 23.3. The van der Waals surface area contributed by atoms with Crippen LogP contribution < -0.4 is 22.3 Å². The van der Waals surface area contributed by atoms with Gasteiger partial charge in [0.1, 0.15) is 23.3 Å². The molecule has 0 bridgehead atoms. The van der Waals surface area contributed by atoms with Crippen LogP contribution in [0.5, 0.6) is 0 Å². The van der Waals surface area contributed by atoms with Gasteiger partial charge in [0.15, 0.2) is 5.82 Å². The Kier molecular flexibility index (Phi) is 5.03. The van der Waals surface area contributed by atoms with E-state index in [1.165, 1.54) is 10.8 Å². The van der Waals surface area contributed by atoms with Crippen molar-refractivity contribution in [2.24, 2.45) is 5.92 Å². The van der Waals surface area contributed by atoms with Crippen LogP contribution in [0.25, 0.3) is 16.6 Å². The minimum absolute atomic E-state index is 0.0458. The average molecular weight is 483 g/mol. The highest BCUT2D eigenvalue weighted by atomic mass is 35.5. The van der Waals surface area contributed by atoms with Crippen LogP contribution in [0.15, 0.2) is 29.3 Å². The minimum Gasteiger partial charge on any atom is -0.382 e. The number of H-pyrrole nitrogens is 1. The van der Waals surface area contributed by atoms with E-state index in [2.05, 4.69) is 25.5 Å². The number of fused-ring (bicyclic) bond motifs is 1. The zero-order valence-corrected chi connectivity index (χ0v) is 18.4. The highest BCUT2D eigenvalue weighted by Gasteiger charge is 2.37. The maximum Gasteiger partial charge on any atom is 0.267 e. The van der Waals surface area contributed by atoms with Crippen molar-refractivity contribution in [1.29, 1.82) is 5.26 Å². The van der Waals surface area contributed by atoms with Crippen molar-refractivity contribution >= 4 is 51.7 Å². The quantitative estimate of drug-likeness (QED) is 0.332. The van der Waals surface area contributed by atoms with Gasteiger partial charge >= 0.3 is 0 Å². The number of nitrogens with one attached hydrogen (secondary N) is 2. The van der Waals surface area contributed by atoms with Crippen molar-refractivity contribution in [2.75, 3.05) is 16.8 Å². The minimum atomic E-state index is -0.521. The van der Waals surface area contributed by atoms with Crippen molar-refractivity contribution in [3.63, 3.8) is 0 Å². The van der Waals surface area contributed by atoms with Crippen LogP contribution in [-0.2, 0) is 0 Å². The molecular formula is C20H16Cl2N10O. The van der Waals surface area contributed by atoms with E-state index in [0.29, 0.717) is 11.5 Å². The molecule has 11 nitrogen and oxygen atoms in total. The number of aromatic nitrogens is 6. The molecule has 13 heteroatoms. The van der Waals surface area contributed by atoms with Crippen LogP contribution in [-0.4, -0.2) is 29.7 Å². The Morgan fingerprint density at radius 1 is 1.21 bits per heavy atom. The molecule has 1 aromatic carbocycles. The molecular weight excluding hydrogens is 467 g/mol. The van der Waals surface area contributed by atoms with Gasteiger partial charge in [0.2, 0.25) is 5.95 Å². The second kappa shape index (κ2) is 7.91. The standard InChI is InChI=1S/C20H16Cl2N10O/c21-11-3-4-12(22)15-13(11)19(33)32(9-6-26-27-7-9)18(29-15)14(8-1-2-8)28-17-10(5-23)16(24)30-20(25)31-17/h3-4,6-8,14H,1-2H2,(H,26,27)(H5,24,25,28,30,31). The lowest BCUT2D eigenvalue weighted by atomic mass is 10.1. The normalized spacial score (nSPS) is 14.2. The van der Waals surface area contributed by atoms with E-state index >= 15 is 0 Å². The Morgan fingerprint density at radius 2 is 1.97 bits per heavy atom. The highest BCUT2D eigenvalue weighted by Crippen LogP contribution is 2.43. The van der Waals surface area contributed by atoms with Crippen LogP contribution in [0.1, 0.15) is 30.3 Å². The van der Waals surface area contributed by atoms with Gasteiger partial charge in [-0.25, -0.2) is 4.98 Å². The van der Waals surface area contributed by atoms with Gasteiger partial charge in [-0.1, -0.05) is 23.2 Å². The molecule has 3 aromatic heterocycles. The summed E-state index contributed by atoms with van der Waals surface area (Å²) in [7, 11) is 0. The Labute approximate surface area is 196 Å². The van der Waals surface area contributed by atoms with Crippen molar-refractivity contribution < 1.29 is 0 Å². The molecule has 4 aromatic rings. The van der Waals surface area contributed by atoms with Gasteiger partial charge in [-0.2, -0.15) is 20.3 Å². The molecule has 1 aliphatic carbocycles. The third-order valence-electron chi connectivity index (χ3n) is 5.42. The predicted molar refractivity (Wildman–Crippen MR) is 124 cm³/mol. The topological polar surface area (TPSA) is 177 Å². The number of benzene rings is 1. The molecule has 0 saturated heterocycles. The van der Waals surface area contributed by atoms with Gasteiger partial charge in [-0.3, -0.25) is 14.5 Å². The molecule has 0 spiro atoms. The first-order valence-corrected chi connectivity index (χ1v) is 10.6. The smallest absolute Gasteiger partial charge is 0.267 e. The molecule has 166 valence electrons. The summed E-state index contributed by atoms with van der Waals surface area (Å²) in [4.78, 5) is 26.4. The Bertz CT molecular complexity index is 1490. The molecule has 6 N–H and O–H groups in total. The van der Waals surface area contributed by atoms with E-state index in [4.69, 9.17) is 39.7 Å². The van der Waals surface area contributed by atoms with Gasteiger partial charge < -0.3 is 16.8 Å². The molecule has 0 amide bonds. The fourth-order valence-corrected chi connectivity index (χ4v) is 4.17. The van der Waals surface area contributed by atoms with Crippen LogP contribution >= 0.6 is 23.2 Å². The summed E-state index contributed by atoms with van der Waals surface area (Å²) < 4.78 is 1.42. The first-order valence-electron chi connectivity index (χ1n) is 9.88. The van der Waals surface area contributed by atoms with Crippen molar-refractivity contribution in [3.8, 4) is 11.8 Å². The van der Waals surface area contributed by atoms with E-state index in [9.17, 15) is 10.1 Å². The van der Waals surface area contributed by atoms with E-state index in [-0.39, 0.29) is 50.0 Å². The molecule has 3 heterocycles. The fourth-order valence-electron chi connectivity index (χ4n) is 3.74. The Hall–Kier alpha value is -3.88. The number of nitrogens with zero attached hydrogens (tertiary/aromatic N) is 6. The molecule has 0 aliphatic heterocycles.